The van der Waals surface area contributed by atoms with Gasteiger partial charge in [-0.2, -0.15) is 5.10 Å². The standard InChI is InChI=1S/C18H17N3O4S.C5H13NO/c1-10(22)8-21-9-12(7-19-21)11-2-3-14-13(6-11)16-15(4-5-25-14)26-17(20-16)18(23)24;1-5(2)6-3-4-7/h2-3,6-7,9-10,22H,4-5,8H2,1H3,(H,23,24);5-7H,3-4H2,1-2H3/t10-;/m1./s1. The van der Waals surface area contributed by atoms with E-state index < -0.39 is 12.1 Å². The molecule has 10 heteroatoms. The Morgan fingerprint density at radius 3 is 2.73 bits per heavy atom. The summed E-state index contributed by atoms with van der Waals surface area (Å²) in [6.07, 6.45) is 3.77. The van der Waals surface area contributed by atoms with Crippen LogP contribution in [0.25, 0.3) is 22.4 Å². The number of hydrogen-bond acceptors (Lipinski definition) is 8. The molecular formula is C23H30N4O5S. The van der Waals surface area contributed by atoms with Crippen molar-refractivity contribution in [1.82, 2.24) is 20.1 Å². The van der Waals surface area contributed by atoms with Gasteiger partial charge in [-0.3, -0.25) is 4.68 Å². The molecule has 2 aromatic heterocycles. The first-order chi connectivity index (χ1) is 15.8. The highest BCUT2D eigenvalue weighted by atomic mass is 32.1. The fourth-order valence-corrected chi connectivity index (χ4v) is 4.23. The van der Waals surface area contributed by atoms with Crippen LogP contribution < -0.4 is 10.1 Å². The molecule has 4 N–H and O–H groups in total. The first kappa shape index (κ1) is 24.8. The molecule has 0 saturated heterocycles. The normalized spacial score (nSPS) is 13.3. The van der Waals surface area contributed by atoms with Crippen molar-refractivity contribution in [3.8, 4) is 28.1 Å². The largest absolute Gasteiger partial charge is 0.493 e. The monoisotopic (exact) mass is 474 g/mol. The van der Waals surface area contributed by atoms with E-state index in [1.54, 1.807) is 17.8 Å². The number of ether oxygens (including phenoxy) is 1. The third kappa shape index (κ3) is 6.61. The molecule has 3 heterocycles. The van der Waals surface area contributed by atoms with Crippen molar-refractivity contribution in [2.24, 2.45) is 0 Å². The smallest absolute Gasteiger partial charge is 0.365 e. The van der Waals surface area contributed by atoms with Gasteiger partial charge in [0, 0.05) is 41.2 Å². The predicted octanol–water partition coefficient (Wildman–Crippen LogP) is 2.66. The van der Waals surface area contributed by atoms with Crippen LogP contribution in [0.1, 0.15) is 35.5 Å². The minimum Gasteiger partial charge on any atom is -0.493 e. The molecule has 0 unspecified atom stereocenters. The van der Waals surface area contributed by atoms with Crippen molar-refractivity contribution in [2.45, 2.75) is 45.9 Å². The molecule has 0 aliphatic carbocycles. The molecule has 0 amide bonds. The van der Waals surface area contributed by atoms with Crippen LogP contribution in [-0.2, 0) is 13.0 Å². The molecule has 33 heavy (non-hydrogen) atoms. The summed E-state index contributed by atoms with van der Waals surface area (Å²) in [5, 5.41) is 34.4. The van der Waals surface area contributed by atoms with Gasteiger partial charge >= 0.3 is 5.97 Å². The molecule has 9 nitrogen and oxygen atoms in total. The summed E-state index contributed by atoms with van der Waals surface area (Å²) in [4.78, 5) is 16.5. The van der Waals surface area contributed by atoms with Crippen molar-refractivity contribution < 1.29 is 24.9 Å². The number of carboxylic acids is 1. The molecule has 178 valence electrons. The van der Waals surface area contributed by atoms with Gasteiger partial charge in [0.1, 0.15) is 5.75 Å². The van der Waals surface area contributed by atoms with Crippen LogP contribution in [0.4, 0.5) is 0 Å². The van der Waals surface area contributed by atoms with Crippen LogP contribution in [0.5, 0.6) is 5.75 Å². The molecule has 0 saturated carbocycles. The summed E-state index contributed by atoms with van der Waals surface area (Å²) in [6, 6.07) is 6.27. The predicted molar refractivity (Wildman–Crippen MR) is 127 cm³/mol. The van der Waals surface area contributed by atoms with E-state index >= 15 is 0 Å². The van der Waals surface area contributed by atoms with E-state index in [0.717, 1.165) is 21.6 Å². The second-order valence-corrected chi connectivity index (χ2v) is 9.12. The Morgan fingerprint density at radius 1 is 1.30 bits per heavy atom. The maximum absolute atomic E-state index is 11.3. The first-order valence-electron chi connectivity index (χ1n) is 10.8. The maximum atomic E-state index is 11.3. The zero-order valence-electron chi connectivity index (χ0n) is 19.0. The number of thiazole rings is 1. The summed E-state index contributed by atoms with van der Waals surface area (Å²) in [5.41, 5.74) is 3.31. The number of aliphatic hydroxyl groups excluding tert-OH is 2. The van der Waals surface area contributed by atoms with E-state index in [9.17, 15) is 15.0 Å². The van der Waals surface area contributed by atoms with E-state index in [-0.39, 0.29) is 11.6 Å². The highest BCUT2D eigenvalue weighted by Crippen LogP contribution is 2.39. The Kier molecular flexibility index (Phi) is 8.56. The Hall–Kier alpha value is -2.79. The van der Waals surface area contributed by atoms with Gasteiger partial charge in [-0.15, -0.1) is 11.3 Å². The molecular weight excluding hydrogens is 444 g/mol. The van der Waals surface area contributed by atoms with Crippen molar-refractivity contribution in [2.75, 3.05) is 19.8 Å². The topological polar surface area (TPSA) is 130 Å². The Morgan fingerprint density at radius 2 is 2.09 bits per heavy atom. The summed E-state index contributed by atoms with van der Waals surface area (Å²) in [6.45, 7) is 7.67. The number of fused-ring (bicyclic) bond motifs is 3. The zero-order chi connectivity index (χ0) is 24.0. The summed E-state index contributed by atoms with van der Waals surface area (Å²) in [5.74, 6) is -0.313. The lowest BCUT2D eigenvalue weighted by atomic mass is 10.0. The minimum absolute atomic E-state index is 0.0954. The van der Waals surface area contributed by atoms with Crippen LogP contribution in [0.2, 0.25) is 0 Å². The number of nitrogens with one attached hydrogen (secondary N) is 1. The van der Waals surface area contributed by atoms with Crippen LogP contribution >= 0.6 is 11.3 Å². The van der Waals surface area contributed by atoms with E-state index in [4.69, 9.17) is 9.84 Å². The number of aromatic nitrogens is 3. The number of carboxylic acid groups (broad SMARTS) is 1. The summed E-state index contributed by atoms with van der Waals surface area (Å²) < 4.78 is 7.50. The first-order valence-corrected chi connectivity index (χ1v) is 11.7. The van der Waals surface area contributed by atoms with Gasteiger partial charge < -0.3 is 25.4 Å². The second kappa shape index (κ2) is 11.4. The maximum Gasteiger partial charge on any atom is 0.365 e. The van der Waals surface area contributed by atoms with Crippen LogP contribution in [0.3, 0.4) is 0 Å². The quantitative estimate of drug-likeness (QED) is 0.411. The molecule has 1 aliphatic rings. The highest BCUT2D eigenvalue weighted by molar-refractivity contribution is 7.14. The molecule has 1 aliphatic heterocycles. The van der Waals surface area contributed by atoms with Crippen LogP contribution in [0.15, 0.2) is 30.6 Å². The number of aliphatic hydroxyl groups is 2. The van der Waals surface area contributed by atoms with Gasteiger partial charge in [0.2, 0.25) is 5.01 Å². The molecule has 0 spiro atoms. The molecule has 1 atom stereocenters. The van der Waals surface area contributed by atoms with Gasteiger partial charge in [0.05, 0.1) is 37.8 Å². The lowest BCUT2D eigenvalue weighted by Crippen LogP contribution is -2.25. The Bertz CT molecular complexity index is 1080. The fourth-order valence-electron chi connectivity index (χ4n) is 3.33. The summed E-state index contributed by atoms with van der Waals surface area (Å²) in [7, 11) is 0. The molecule has 1 aromatic carbocycles. The van der Waals surface area contributed by atoms with E-state index in [0.29, 0.717) is 43.6 Å². The van der Waals surface area contributed by atoms with Gasteiger partial charge in [-0.25, -0.2) is 9.78 Å². The molecule has 0 bridgehead atoms. The van der Waals surface area contributed by atoms with Gasteiger partial charge in [-0.1, -0.05) is 19.9 Å². The molecule has 3 aromatic rings. The lowest BCUT2D eigenvalue weighted by molar-refractivity contribution is 0.0696. The van der Waals surface area contributed by atoms with Crippen molar-refractivity contribution >= 4 is 17.3 Å². The third-order valence-corrected chi connectivity index (χ3v) is 5.89. The highest BCUT2D eigenvalue weighted by Gasteiger charge is 2.23. The average Bonchev–Trinajstić information content (AvgIpc) is 3.36. The molecule has 0 fully saturated rings. The van der Waals surface area contributed by atoms with Gasteiger partial charge in [0.15, 0.2) is 0 Å². The Balaban J connectivity index is 0.000000383. The fraction of sp³-hybridized carbons (Fsp3) is 0.435. The molecule has 4 rings (SSSR count). The number of benzene rings is 1. The van der Waals surface area contributed by atoms with E-state index in [1.165, 1.54) is 11.3 Å². The number of aromatic carboxylic acids is 1. The van der Waals surface area contributed by atoms with Crippen molar-refractivity contribution in [3.05, 3.63) is 40.5 Å². The average molecular weight is 475 g/mol. The summed E-state index contributed by atoms with van der Waals surface area (Å²) >= 11 is 1.20. The number of rotatable bonds is 7. The zero-order valence-corrected chi connectivity index (χ0v) is 19.8. The SMILES string of the molecule is CC(C)NCCO.C[C@@H](O)Cn1cc(-c2ccc3c(c2)-c2nc(C(=O)O)sc2CCO3)cn1. The van der Waals surface area contributed by atoms with Crippen LogP contribution in [0, 0.1) is 0 Å². The lowest BCUT2D eigenvalue weighted by Gasteiger charge is -2.08. The van der Waals surface area contributed by atoms with Crippen LogP contribution in [-0.4, -0.2) is 68.0 Å². The van der Waals surface area contributed by atoms with Crippen molar-refractivity contribution in [1.29, 1.82) is 0 Å². The van der Waals surface area contributed by atoms with E-state index in [1.807, 2.05) is 24.4 Å². The van der Waals surface area contributed by atoms with Crippen molar-refractivity contribution in [3.63, 3.8) is 0 Å². The van der Waals surface area contributed by atoms with E-state index in [2.05, 4.69) is 29.2 Å². The minimum atomic E-state index is -1.01. The number of carbonyl (C=O) groups is 1. The Labute approximate surface area is 196 Å². The second-order valence-electron chi connectivity index (χ2n) is 8.04. The number of hydrogen-bond donors (Lipinski definition) is 4. The van der Waals surface area contributed by atoms with Gasteiger partial charge in [-0.05, 0) is 24.6 Å². The van der Waals surface area contributed by atoms with Gasteiger partial charge in [0.25, 0.3) is 0 Å². The number of nitrogens with zero attached hydrogens (tertiary/aromatic N) is 3. The molecule has 0 radical (unpaired) electrons. The third-order valence-electron chi connectivity index (χ3n) is 4.78.